The summed E-state index contributed by atoms with van der Waals surface area (Å²) in [6, 6.07) is 6.86. The number of nitrogens with zero attached hydrogens (tertiary/aromatic N) is 1. The molecule has 0 heterocycles. The van der Waals surface area contributed by atoms with Crippen LogP contribution in [-0.2, 0) is 19.1 Å². The molecule has 8 heteroatoms. The monoisotopic (exact) mass is 382 g/mol. The SMILES string of the molecule is CCN(CC)C(=O)COC(=O)c1ccccc1SCC(=O)NCCOC. The fraction of sp³-hybridized carbons (Fsp3) is 0.500. The number of esters is 1. The minimum atomic E-state index is -0.576. The average Bonchev–Trinajstić information content (AvgIpc) is 2.66. The first-order valence-corrected chi connectivity index (χ1v) is 9.44. The first kappa shape index (κ1) is 22.0. The number of rotatable bonds is 11. The summed E-state index contributed by atoms with van der Waals surface area (Å²) >= 11 is 1.24. The zero-order valence-electron chi connectivity index (χ0n) is 15.4. The lowest BCUT2D eigenvalue weighted by atomic mass is 10.2. The lowest BCUT2D eigenvalue weighted by Gasteiger charge is -2.18. The number of carbonyl (C=O) groups excluding carboxylic acids is 3. The van der Waals surface area contributed by atoms with Crippen LogP contribution in [0, 0.1) is 0 Å². The van der Waals surface area contributed by atoms with E-state index in [4.69, 9.17) is 9.47 Å². The summed E-state index contributed by atoms with van der Waals surface area (Å²) in [7, 11) is 1.56. The van der Waals surface area contributed by atoms with Gasteiger partial charge in [0.05, 0.1) is 17.9 Å². The van der Waals surface area contributed by atoms with Gasteiger partial charge in [0, 0.05) is 31.6 Å². The predicted octanol–water partition coefficient (Wildman–Crippen LogP) is 1.57. The minimum absolute atomic E-state index is 0.146. The number of hydrogen-bond acceptors (Lipinski definition) is 6. The van der Waals surface area contributed by atoms with Crippen LogP contribution in [-0.4, -0.2) is 68.4 Å². The molecule has 1 N–H and O–H groups in total. The van der Waals surface area contributed by atoms with Crippen LogP contribution in [0.2, 0.25) is 0 Å². The molecule has 1 aromatic carbocycles. The first-order valence-electron chi connectivity index (χ1n) is 8.45. The Morgan fingerprint density at radius 2 is 1.85 bits per heavy atom. The standard InChI is InChI=1S/C18H26N2O5S/c1-4-20(5-2)17(22)12-25-18(23)14-8-6-7-9-15(14)26-13-16(21)19-10-11-24-3/h6-9H,4-5,10-13H2,1-3H3,(H,19,21). The Morgan fingerprint density at radius 3 is 2.50 bits per heavy atom. The molecule has 26 heavy (non-hydrogen) atoms. The second kappa shape index (κ2) is 12.3. The zero-order valence-corrected chi connectivity index (χ0v) is 16.3. The van der Waals surface area contributed by atoms with E-state index in [2.05, 4.69) is 5.32 Å². The van der Waals surface area contributed by atoms with Crippen molar-refractivity contribution in [3.05, 3.63) is 29.8 Å². The molecule has 0 radical (unpaired) electrons. The minimum Gasteiger partial charge on any atom is -0.452 e. The maximum Gasteiger partial charge on any atom is 0.339 e. The van der Waals surface area contributed by atoms with Gasteiger partial charge >= 0.3 is 5.97 Å². The zero-order chi connectivity index (χ0) is 19.4. The molecule has 0 aliphatic carbocycles. The van der Waals surface area contributed by atoms with Crippen LogP contribution < -0.4 is 5.32 Å². The van der Waals surface area contributed by atoms with Gasteiger partial charge < -0.3 is 19.7 Å². The molecule has 0 aliphatic rings. The maximum atomic E-state index is 12.3. The van der Waals surface area contributed by atoms with Gasteiger partial charge in [0.25, 0.3) is 5.91 Å². The van der Waals surface area contributed by atoms with Gasteiger partial charge in [-0.05, 0) is 26.0 Å². The fourth-order valence-electron chi connectivity index (χ4n) is 2.12. The number of hydrogen-bond donors (Lipinski definition) is 1. The maximum absolute atomic E-state index is 12.3. The van der Waals surface area contributed by atoms with Gasteiger partial charge in [0.2, 0.25) is 5.91 Å². The van der Waals surface area contributed by atoms with Crippen LogP contribution in [0.4, 0.5) is 0 Å². The Morgan fingerprint density at radius 1 is 1.15 bits per heavy atom. The van der Waals surface area contributed by atoms with Crippen LogP contribution in [0.25, 0.3) is 0 Å². The molecule has 2 amide bonds. The highest BCUT2D eigenvalue weighted by atomic mass is 32.2. The van der Waals surface area contributed by atoms with E-state index in [-0.39, 0.29) is 24.2 Å². The third kappa shape index (κ3) is 7.45. The summed E-state index contributed by atoms with van der Waals surface area (Å²) < 4.78 is 10.0. The van der Waals surface area contributed by atoms with Crippen molar-refractivity contribution in [1.29, 1.82) is 0 Å². The van der Waals surface area contributed by atoms with Crippen LogP contribution in [0.1, 0.15) is 24.2 Å². The highest BCUT2D eigenvalue weighted by Crippen LogP contribution is 2.23. The molecular formula is C18H26N2O5S. The number of thioether (sulfide) groups is 1. The van der Waals surface area contributed by atoms with E-state index in [1.165, 1.54) is 11.8 Å². The second-order valence-corrected chi connectivity index (χ2v) is 6.29. The summed E-state index contributed by atoms with van der Waals surface area (Å²) in [5, 5.41) is 2.72. The van der Waals surface area contributed by atoms with Crippen molar-refractivity contribution in [2.75, 3.05) is 45.7 Å². The normalized spacial score (nSPS) is 10.3. The van der Waals surface area contributed by atoms with Crippen molar-refractivity contribution in [3.63, 3.8) is 0 Å². The molecule has 0 saturated carbocycles. The van der Waals surface area contributed by atoms with Crippen LogP contribution in [0.3, 0.4) is 0 Å². The van der Waals surface area contributed by atoms with E-state index in [0.717, 1.165) is 0 Å². The molecule has 0 aliphatic heterocycles. The number of likely N-dealkylation sites (N-methyl/N-ethyl adjacent to an activating group) is 1. The predicted molar refractivity (Wildman–Crippen MR) is 100 cm³/mol. The van der Waals surface area contributed by atoms with Crippen molar-refractivity contribution < 1.29 is 23.9 Å². The summed E-state index contributed by atoms with van der Waals surface area (Å²) in [5.41, 5.74) is 0.342. The largest absolute Gasteiger partial charge is 0.452 e. The van der Waals surface area contributed by atoms with Gasteiger partial charge in [-0.15, -0.1) is 11.8 Å². The van der Waals surface area contributed by atoms with Gasteiger partial charge in [-0.1, -0.05) is 12.1 Å². The number of nitrogens with one attached hydrogen (secondary N) is 1. The summed E-state index contributed by atoms with van der Waals surface area (Å²) in [6.07, 6.45) is 0. The van der Waals surface area contributed by atoms with Gasteiger partial charge in [-0.25, -0.2) is 4.79 Å². The molecule has 7 nitrogen and oxygen atoms in total. The van der Waals surface area contributed by atoms with Crippen LogP contribution >= 0.6 is 11.8 Å². The highest BCUT2D eigenvalue weighted by molar-refractivity contribution is 8.00. The van der Waals surface area contributed by atoms with Crippen molar-refractivity contribution in [2.24, 2.45) is 0 Å². The summed E-state index contributed by atoms with van der Waals surface area (Å²) in [4.78, 5) is 38.3. The average molecular weight is 382 g/mol. The van der Waals surface area contributed by atoms with Crippen molar-refractivity contribution in [1.82, 2.24) is 10.2 Å². The third-order valence-corrected chi connectivity index (χ3v) is 4.61. The van der Waals surface area contributed by atoms with E-state index < -0.39 is 5.97 Å². The van der Waals surface area contributed by atoms with Gasteiger partial charge in [-0.2, -0.15) is 0 Å². The molecule has 1 rings (SSSR count). The Kier molecular flexibility index (Phi) is 10.4. The lowest BCUT2D eigenvalue weighted by molar-refractivity contribution is -0.134. The Hall–Kier alpha value is -2.06. The number of methoxy groups -OCH3 is 1. The number of ether oxygens (including phenoxy) is 2. The van der Waals surface area contributed by atoms with E-state index in [9.17, 15) is 14.4 Å². The van der Waals surface area contributed by atoms with E-state index >= 15 is 0 Å². The Balaban J connectivity index is 2.60. The van der Waals surface area contributed by atoms with Gasteiger partial charge in [0.1, 0.15) is 0 Å². The summed E-state index contributed by atoms with van der Waals surface area (Å²) in [5.74, 6) is -0.779. The van der Waals surface area contributed by atoms with Crippen molar-refractivity contribution in [2.45, 2.75) is 18.7 Å². The van der Waals surface area contributed by atoms with E-state index in [1.807, 2.05) is 13.8 Å². The molecule has 0 atom stereocenters. The fourth-order valence-corrected chi connectivity index (χ4v) is 2.99. The van der Waals surface area contributed by atoms with Crippen LogP contribution in [0.5, 0.6) is 0 Å². The second-order valence-electron chi connectivity index (χ2n) is 5.27. The molecule has 0 unspecified atom stereocenters. The van der Waals surface area contributed by atoms with Gasteiger partial charge in [0.15, 0.2) is 6.61 Å². The Bertz CT molecular complexity index is 605. The molecular weight excluding hydrogens is 356 g/mol. The molecule has 0 bridgehead atoms. The van der Waals surface area contributed by atoms with Crippen LogP contribution in [0.15, 0.2) is 29.2 Å². The molecule has 0 spiro atoms. The topological polar surface area (TPSA) is 84.9 Å². The molecule has 144 valence electrons. The Labute approximate surface area is 158 Å². The summed E-state index contributed by atoms with van der Waals surface area (Å²) in [6.45, 7) is 5.46. The van der Waals surface area contributed by atoms with Crippen molar-refractivity contribution >= 4 is 29.5 Å². The first-order chi connectivity index (χ1) is 12.5. The third-order valence-electron chi connectivity index (χ3n) is 3.54. The molecule has 0 saturated heterocycles. The number of benzene rings is 1. The van der Waals surface area contributed by atoms with E-state index in [1.54, 1.807) is 36.3 Å². The van der Waals surface area contributed by atoms with Crippen molar-refractivity contribution in [3.8, 4) is 0 Å². The van der Waals surface area contributed by atoms with Gasteiger partial charge in [-0.3, -0.25) is 9.59 Å². The molecule has 1 aromatic rings. The highest BCUT2D eigenvalue weighted by Gasteiger charge is 2.17. The number of carbonyl (C=O) groups is 3. The quantitative estimate of drug-likeness (QED) is 0.355. The lowest BCUT2D eigenvalue weighted by Crippen LogP contribution is -2.34. The smallest absolute Gasteiger partial charge is 0.339 e. The van der Waals surface area contributed by atoms with E-state index in [0.29, 0.717) is 36.7 Å². The number of amides is 2. The molecule has 0 fully saturated rings. The molecule has 0 aromatic heterocycles.